The number of para-hydroxylation sites is 2. The van der Waals surface area contributed by atoms with Crippen LogP contribution in [-0.2, 0) is 21.7 Å². The Labute approximate surface area is 688 Å². The second-order valence-electron chi connectivity index (χ2n) is 34.1. The van der Waals surface area contributed by atoms with Crippen molar-refractivity contribution in [2.75, 3.05) is 0 Å². The van der Waals surface area contributed by atoms with Gasteiger partial charge < -0.3 is 9.13 Å². The van der Waals surface area contributed by atoms with Gasteiger partial charge in [0.15, 0.2) is 0 Å². The Bertz CT molecular complexity index is 7030. The van der Waals surface area contributed by atoms with Crippen LogP contribution in [0.25, 0.3) is 155 Å². The average Bonchev–Trinajstić information content (AvgIpc) is 1.54. The van der Waals surface area contributed by atoms with Crippen LogP contribution < -0.4 is 0 Å². The molecule has 0 aliphatic heterocycles. The quantitative estimate of drug-likeness (QED) is 0.122. The Morgan fingerprint density at radius 1 is 0.161 bits per heavy atom. The Morgan fingerprint density at radius 2 is 0.398 bits per heavy atom. The number of aromatic nitrogens is 2. The standard InChI is InChI=1S/C116H80N2/c1-113(2)101-37-21-17-33-89(101)91-61-55-87(71-103(91)113)117-109-39-23-19-35-97(109)99-65-77(53-63-111(99)117)73-41-45-75(46-42-73)79-49-57-93-95-59-51-81(69-107(95)115(105(93)67-79,83-25-9-5-10-26-83)84-27-11-6-12-28-84)82-52-60-96-94-58-50-80(68-106(94)116(108(96)70-82,85-29-13-7-14-30-85)86-31-15-8-16-32-86)76-47-43-74(44-48-76)78-54-64-112-100(66-78)98-36-20-24-40-110(98)118(112)88-56-62-92-90-34-18-22-38-102(90)114(3,4)104(92)72-88/h5-72H,1-4H3. The first-order chi connectivity index (χ1) is 58.0. The Balaban J connectivity index is 0.581. The second-order valence-corrected chi connectivity index (χ2v) is 34.1. The molecule has 0 saturated heterocycles. The minimum atomic E-state index is -0.654. The van der Waals surface area contributed by atoms with Gasteiger partial charge in [0.1, 0.15) is 0 Å². The van der Waals surface area contributed by atoms with Crippen molar-refractivity contribution in [3.8, 4) is 112 Å². The number of nitrogens with zero attached hydrogens (tertiary/aromatic N) is 2. The van der Waals surface area contributed by atoms with Crippen LogP contribution in [0.2, 0.25) is 0 Å². The molecule has 0 bridgehead atoms. The van der Waals surface area contributed by atoms with E-state index in [2.05, 4.69) is 449 Å². The predicted octanol–water partition coefficient (Wildman–Crippen LogP) is 29.6. The van der Waals surface area contributed by atoms with Crippen molar-refractivity contribution in [1.29, 1.82) is 0 Å². The summed E-state index contributed by atoms with van der Waals surface area (Å²) >= 11 is 0. The number of rotatable bonds is 11. The summed E-state index contributed by atoms with van der Waals surface area (Å²) in [5.41, 5.74) is 43.5. The molecule has 118 heavy (non-hydrogen) atoms. The van der Waals surface area contributed by atoms with Gasteiger partial charge in [-0.25, -0.2) is 0 Å². The number of hydrogen-bond donors (Lipinski definition) is 0. The largest absolute Gasteiger partial charge is 0.309 e. The highest BCUT2D eigenvalue weighted by Crippen LogP contribution is 2.61. The third kappa shape index (κ3) is 9.69. The monoisotopic (exact) mass is 1500 g/mol. The minimum Gasteiger partial charge on any atom is -0.309 e. The zero-order chi connectivity index (χ0) is 78.3. The molecule has 0 saturated carbocycles. The maximum atomic E-state index is 2.53. The van der Waals surface area contributed by atoms with E-state index in [0.717, 1.165) is 0 Å². The molecular formula is C116H80N2. The van der Waals surface area contributed by atoms with E-state index in [1.54, 1.807) is 0 Å². The lowest BCUT2D eigenvalue weighted by Gasteiger charge is -2.35. The van der Waals surface area contributed by atoms with Gasteiger partial charge in [-0.1, -0.05) is 355 Å². The molecule has 4 aliphatic carbocycles. The molecule has 0 N–H and O–H groups in total. The number of benzene rings is 18. The summed E-state index contributed by atoms with van der Waals surface area (Å²) < 4.78 is 4.93. The smallest absolute Gasteiger partial charge is 0.0713 e. The highest BCUT2D eigenvalue weighted by Gasteiger charge is 2.49. The fourth-order valence-corrected chi connectivity index (χ4v) is 21.9. The van der Waals surface area contributed by atoms with Crippen molar-refractivity contribution in [2.45, 2.75) is 49.4 Å². The maximum absolute atomic E-state index is 2.53. The second kappa shape index (κ2) is 25.5. The maximum Gasteiger partial charge on any atom is 0.0713 e. The van der Waals surface area contributed by atoms with Gasteiger partial charge in [-0.15, -0.1) is 0 Å². The summed E-state index contributed by atoms with van der Waals surface area (Å²) in [5.74, 6) is 0. The lowest BCUT2D eigenvalue weighted by atomic mass is 9.66. The van der Waals surface area contributed by atoms with Crippen molar-refractivity contribution in [1.82, 2.24) is 9.13 Å². The Morgan fingerprint density at radius 3 is 0.737 bits per heavy atom. The van der Waals surface area contributed by atoms with Crippen molar-refractivity contribution in [3.63, 3.8) is 0 Å². The molecule has 2 heterocycles. The van der Waals surface area contributed by atoms with Gasteiger partial charge in [-0.2, -0.15) is 0 Å². The molecule has 554 valence electrons. The van der Waals surface area contributed by atoms with Gasteiger partial charge in [0.05, 0.1) is 32.9 Å². The van der Waals surface area contributed by atoms with Crippen LogP contribution >= 0.6 is 0 Å². The van der Waals surface area contributed by atoms with Gasteiger partial charge in [-0.3, -0.25) is 0 Å². The number of fused-ring (bicyclic) bond motifs is 18. The van der Waals surface area contributed by atoms with Crippen LogP contribution in [-0.4, -0.2) is 9.13 Å². The van der Waals surface area contributed by atoms with E-state index >= 15 is 0 Å². The topological polar surface area (TPSA) is 9.86 Å². The zero-order valence-corrected chi connectivity index (χ0v) is 66.2. The Hall–Kier alpha value is -14.4. The highest BCUT2D eigenvalue weighted by atomic mass is 15.0. The summed E-state index contributed by atoms with van der Waals surface area (Å²) in [6, 6.07) is 157. The van der Waals surface area contributed by atoms with E-state index in [-0.39, 0.29) is 10.8 Å². The van der Waals surface area contributed by atoms with Gasteiger partial charge >= 0.3 is 0 Å². The molecule has 0 amide bonds. The Kier molecular flexibility index (Phi) is 14.7. The lowest BCUT2D eigenvalue weighted by molar-refractivity contribution is 0.660. The van der Waals surface area contributed by atoms with Crippen LogP contribution in [0.15, 0.2) is 413 Å². The third-order valence-corrected chi connectivity index (χ3v) is 27.5. The van der Waals surface area contributed by atoms with E-state index in [1.165, 1.54) is 222 Å². The predicted molar refractivity (Wildman–Crippen MR) is 492 cm³/mol. The molecule has 0 fully saturated rings. The summed E-state index contributed by atoms with van der Waals surface area (Å²) in [6.07, 6.45) is 0. The normalized spacial score (nSPS) is 14.4. The molecule has 0 atom stereocenters. The molecule has 2 nitrogen and oxygen atoms in total. The van der Waals surface area contributed by atoms with Crippen LogP contribution in [0.5, 0.6) is 0 Å². The molecule has 2 heteroatoms. The molecule has 0 radical (unpaired) electrons. The SMILES string of the molecule is CC1(C)c2ccccc2-c2ccc(-n3c4ccccc4c4cc(-c5ccc(-c6ccc7c(c6)C(c6ccccc6)(c6ccccc6)c6cc(-c8ccc9c(c8)C(c8ccccc8)(c8ccccc8)c8cc(-c%10ccc(-c%11ccc%12c(c%11)c%11ccccc%11n%12-c%11ccc%12c(c%11)C(C)(C)c%11ccccc%11-%12)cc%10)ccc8-9)ccc6-7)cc5)ccc43)cc21. The first kappa shape index (κ1) is 68.0. The molecule has 2 aromatic heterocycles. The zero-order valence-electron chi connectivity index (χ0n) is 66.2. The summed E-state index contributed by atoms with van der Waals surface area (Å²) in [6.45, 7) is 9.47. The molecular weight excluding hydrogens is 1420 g/mol. The molecule has 18 aromatic carbocycles. The van der Waals surface area contributed by atoms with E-state index in [9.17, 15) is 0 Å². The van der Waals surface area contributed by atoms with Crippen molar-refractivity contribution < 1.29 is 0 Å². The van der Waals surface area contributed by atoms with Crippen LogP contribution in [0.1, 0.15) is 94.5 Å². The van der Waals surface area contributed by atoms with Gasteiger partial charge in [-0.05, 0) is 252 Å². The van der Waals surface area contributed by atoms with E-state index < -0.39 is 10.8 Å². The van der Waals surface area contributed by atoms with E-state index in [1.807, 2.05) is 0 Å². The lowest BCUT2D eigenvalue weighted by Crippen LogP contribution is -2.29. The molecule has 4 aliphatic rings. The van der Waals surface area contributed by atoms with Gasteiger partial charge in [0.2, 0.25) is 0 Å². The fourth-order valence-electron chi connectivity index (χ4n) is 21.9. The van der Waals surface area contributed by atoms with Crippen LogP contribution in [0, 0.1) is 0 Å². The van der Waals surface area contributed by atoms with Crippen molar-refractivity contribution in [2.24, 2.45) is 0 Å². The molecule has 20 aromatic rings. The van der Waals surface area contributed by atoms with Crippen LogP contribution in [0.4, 0.5) is 0 Å². The first-order valence-electron chi connectivity index (χ1n) is 41.6. The first-order valence-corrected chi connectivity index (χ1v) is 41.6. The highest BCUT2D eigenvalue weighted by molar-refractivity contribution is 6.12. The average molecular weight is 1500 g/mol. The molecule has 24 rings (SSSR count). The minimum absolute atomic E-state index is 0.0973. The van der Waals surface area contributed by atoms with E-state index in [0.29, 0.717) is 0 Å². The van der Waals surface area contributed by atoms with Crippen LogP contribution in [0.3, 0.4) is 0 Å². The third-order valence-electron chi connectivity index (χ3n) is 27.5. The van der Waals surface area contributed by atoms with Gasteiger partial charge in [0, 0.05) is 43.7 Å². The summed E-state index contributed by atoms with van der Waals surface area (Å²) in [5, 5.41) is 4.99. The number of hydrogen-bond acceptors (Lipinski definition) is 0. The van der Waals surface area contributed by atoms with Crippen molar-refractivity contribution >= 4 is 43.6 Å². The fraction of sp³-hybridized carbons (Fsp3) is 0.0690. The van der Waals surface area contributed by atoms with E-state index in [4.69, 9.17) is 0 Å². The molecule has 0 spiro atoms. The summed E-state index contributed by atoms with van der Waals surface area (Å²) in [4.78, 5) is 0. The molecule has 0 unspecified atom stereocenters. The van der Waals surface area contributed by atoms with Crippen molar-refractivity contribution in [3.05, 3.63) is 479 Å². The van der Waals surface area contributed by atoms with Gasteiger partial charge in [0.25, 0.3) is 0 Å². The summed E-state index contributed by atoms with van der Waals surface area (Å²) in [7, 11) is 0.